The van der Waals surface area contributed by atoms with Crippen molar-refractivity contribution in [3.05, 3.63) is 27.9 Å². The molecule has 0 bridgehead atoms. The van der Waals surface area contributed by atoms with E-state index in [1.807, 2.05) is 0 Å². The van der Waals surface area contributed by atoms with Gasteiger partial charge < -0.3 is 10.0 Å². The minimum atomic E-state index is -0.563. The predicted molar refractivity (Wildman–Crippen MR) is 60.6 cm³/mol. The fraction of sp³-hybridized carbons (Fsp3) is 0.500. The van der Waals surface area contributed by atoms with E-state index in [-0.39, 0.29) is 11.5 Å². The average Bonchev–Trinajstić information content (AvgIpc) is 2.15. The molecule has 1 aromatic rings. The molecule has 1 aromatic heterocycles. The highest BCUT2D eigenvalue weighted by atomic mass is 16.6. The third kappa shape index (κ3) is 2.66. The topological polar surface area (TPSA) is 79.5 Å². The summed E-state index contributed by atoms with van der Waals surface area (Å²) < 4.78 is 0. The van der Waals surface area contributed by atoms with Crippen LogP contribution in [0.5, 0.6) is 0 Å². The fourth-order valence-electron chi connectivity index (χ4n) is 1.52. The van der Waals surface area contributed by atoms with Crippen LogP contribution in [0.4, 0.5) is 11.5 Å². The van der Waals surface area contributed by atoms with Crippen LogP contribution in [-0.4, -0.2) is 34.7 Å². The van der Waals surface area contributed by atoms with Gasteiger partial charge >= 0.3 is 5.69 Å². The number of pyridine rings is 1. The van der Waals surface area contributed by atoms with Gasteiger partial charge in [0.2, 0.25) is 5.82 Å². The lowest BCUT2D eigenvalue weighted by molar-refractivity contribution is -0.384. The van der Waals surface area contributed by atoms with Crippen molar-refractivity contribution in [2.75, 3.05) is 18.5 Å². The van der Waals surface area contributed by atoms with Crippen LogP contribution in [0.25, 0.3) is 0 Å². The summed E-state index contributed by atoms with van der Waals surface area (Å²) in [6.45, 7) is 3.59. The molecule has 0 saturated carbocycles. The second-order valence-electron chi connectivity index (χ2n) is 3.79. The molecule has 0 aliphatic heterocycles. The summed E-state index contributed by atoms with van der Waals surface area (Å²) in [4.78, 5) is 16.0. The standard InChI is InChI=1S/C10H15N3O3/c1-7-4-5-11-10(9(7)13(15)16)12(3)6-8(2)14/h4-5,8,14H,6H2,1-3H3. The van der Waals surface area contributed by atoms with E-state index in [2.05, 4.69) is 4.98 Å². The molecule has 0 amide bonds. The van der Waals surface area contributed by atoms with Crippen molar-refractivity contribution in [3.63, 3.8) is 0 Å². The number of likely N-dealkylation sites (N-methyl/N-ethyl adjacent to an activating group) is 1. The molecule has 1 atom stereocenters. The Kier molecular flexibility index (Phi) is 3.78. The van der Waals surface area contributed by atoms with Crippen molar-refractivity contribution in [2.24, 2.45) is 0 Å². The zero-order valence-electron chi connectivity index (χ0n) is 9.54. The van der Waals surface area contributed by atoms with Gasteiger partial charge in [0.1, 0.15) is 0 Å². The molecule has 6 nitrogen and oxygen atoms in total. The maximum absolute atomic E-state index is 10.9. The molecule has 1 rings (SSSR count). The Labute approximate surface area is 93.7 Å². The monoisotopic (exact) mass is 225 g/mol. The molecular weight excluding hydrogens is 210 g/mol. The number of aliphatic hydroxyl groups is 1. The highest BCUT2D eigenvalue weighted by Gasteiger charge is 2.21. The lowest BCUT2D eigenvalue weighted by Crippen LogP contribution is -2.28. The molecule has 6 heteroatoms. The van der Waals surface area contributed by atoms with E-state index in [0.29, 0.717) is 12.1 Å². The van der Waals surface area contributed by atoms with Gasteiger partial charge in [0.15, 0.2) is 0 Å². The van der Waals surface area contributed by atoms with Crippen molar-refractivity contribution in [2.45, 2.75) is 20.0 Å². The normalized spacial score (nSPS) is 12.2. The summed E-state index contributed by atoms with van der Waals surface area (Å²) in [6, 6.07) is 1.60. The van der Waals surface area contributed by atoms with E-state index in [0.717, 1.165) is 0 Å². The zero-order chi connectivity index (χ0) is 12.3. The molecule has 0 radical (unpaired) electrons. The van der Waals surface area contributed by atoms with Gasteiger partial charge in [0, 0.05) is 25.4 Å². The summed E-state index contributed by atoms with van der Waals surface area (Å²) in [5.74, 6) is 0.283. The van der Waals surface area contributed by atoms with Gasteiger partial charge in [-0.05, 0) is 19.9 Å². The third-order valence-electron chi connectivity index (χ3n) is 2.19. The number of aryl methyl sites for hydroxylation is 1. The quantitative estimate of drug-likeness (QED) is 0.613. The maximum Gasteiger partial charge on any atom is 0.314 e. The molecule has 1 heterocycles. The largest absolute Gasteiger partial charge is 0.392 e. The molecule has 88 valence electrons. The van der Waals surface area contributed by atoms with Crippen LogP contribution in [0.15, 0.2) is 12.3 Å². The number of nitrogens with zero attached hydrogens (tertiary/aromatic N) is 3. The second kappa shape index (κ2) is 4.89. The minimum Gasteiger partial charge on any atom is -0.392 e. The SMILES string of the molecule is Cc1ccnc(N(C)CC(C)O)c1[N+](=O)[O-]. The number of aliphatic hydroxyl groups excluding tert-OH is 1. The van der Waals surface area contributed by atoms with Crippen LogP contribution >= 0.6 is 0 Å². The van der Waals surface area contributed by atoms with Gasteiger partial charge in [-0.25, -0.2) is 4.98 Å². The number of hydrogen-bond acceptors (Lipinski definition) is 5. The predicted octanol–water partition coefficient (Wildman–Crippen LogP) is 1.12. The summed E-state index contributed by atoms with van der Waals surface area (Å²) in [5.41, 5.74) is 0.554. The van der Waals surface area contributed by atoms with Crippen LogP contribution in [-0.2, 0) is 0 Å². The van der Waals surface area contributed by atoms with Crippen molar-refractivity contribution >= 4 is 11.5 Å². The zero-order valence-corrected chi connectivity index (χ0v) is 9.54. The van der Waals surface area contributed by atoms with Crippen LogP contribution < -0.4 is 4.90 Å². The fourth-order valence-corrected chi connectivity index (χ4v) is 1.52. The van der Waals surface area contributed by atoms with E-state index in [4.69, 9.17) is 0 Å². The van der Waals surface area contributed by atoms with Gasteiger partial charge in [0.25, 0.3) is 0 Å². The first kappa shape index (κ1) is 12.4. The van der Waals surface area contributed by atoms with E-state index in [1.54, 1.807) is 31.9 Å². The smallest absolute Gasteiger partial charge is 0.314 e. The van der Waals surface area contributed by atoms with Crippen LogP contribution in [0.1, 0.15) is 12.5 Å². The summed E-state index contributed by atoms with van der Waals surface area (Å²) in [5, 5.41) is 20.2. The Hall–Kier alpha value is -1.69. The molecular formula is C10H15N3O3. The maximum atomic E-state index is 10.9. The van der Waals surface area contributed by atoms with E-state index in [9.17, 15) is 15.2 Å². The summed E-state index contributed by atoms with van der Waals surface area (Å²) in [6.07, 6.45) is 0.961. The molecule has 0 aromatic carbocycles. The van der Waals surface area contributed by atoms with E-state index in [1.165, 1.54) is 6.20 Å². The van der Waals surface area contributed by atoms with E-state index >= 15 is 0 Å². The van der Waals surface area contributed by atoms with Gasteiger partial charge in [-0.1, -0.05) is 0 Å². The van der Waals surface area contributed by atoms with Crippen LogP contribution in [0.3, 0.4) is 0 Å². The average molecular weight is 225 g/mol. The van der Waals surface area contributed by atoms with Crippen LogP contribution in [0.2, 0.25) is 0 Å². The second-order valence-corrected chi connectivity index (χ2v) is 3.79. The number of anilines is 1. The minimum absolute atomic E-state index is 0.00866. The Morgan fingerprint density at radius 2 is 2.31 bits per heavy atom. The van der Waals surface area contributed by atoms with Crippen LogP contribution in [0, 0.1) is 17.0 Å². The molecule has 1 unspecified atom stereocenters. The van der Waals surface area contributed by atoms with Crippen molar-refractivity contribution in [1.29, 1.82) is 0 Å². The Morgan fingerprint density at radius 1 is 1.69 bits per heavy atom. The molecule has 0 saturated heterocycles. The molecule has 0 aliphatic rings. The molecule has 0 aliphatic carbocycles. The summed E-state index contributed by atoms with van der Waals surface area (Å²) >= 11 is 0. The highest BCUT2D eigenvalue weighted by molar-refractivity contribution is 5.61. The first-order valence-corrected chi connectivity index (χ1v) is 4.92. The van der Waals surface area contributed by atoms with Gasteiger partial charge in [-0.2, -0.15) is 0 Å². The summed E-state index contributed by atoms with van der Waals surface area (Å²) in [7, 11) is 1.67. The third-order valence-corrected chi connectivity index (χ3v) is 2.19. The van der Waals surface area contributed by atoms with Gasteiger partial charge in [-0.3, -0.25) is 10.1 Å². The number of rotatable bonds is 4. The Balaban J connectivity index is 3.12. The molecule has 0 spiro atoms. The number of aromatic nitrogens is 1. The van der Waals surface area contributed by atoms with Crippen molar-refractivity contribution in [3.8, 4) is 0 Å². The number of hydrogen-bond donors (Lipinski definition) is 1. The van der Waals surface area contributed by atoms with Crippen molar-refractivity contribution in [1.82, 2.24) is 4.98 Å². The van der Waals surface area contributed by atoms with Crippen molar-refractivity contribution < 1.29 is 10.0 Å². The lowest BCUT2D eigenvalue weighted by Gasteiger charge is -2.19. The Morgan fingerprint density at radius 3 is 2.81 bits per heavy atom. The van der Waals surface area contributed by atoms with Gasteiger partial charge in [0.05, 0.1) is 11.0 Å². The first-order valence-electron chi connectivity index (χ1n) is 4.92. The number of nitro groups is 1. The first-order chi connectivity index (χ1) is 7.43. The molecule has 0 fully saturated rings. The molecule has 1 N–H and O–H groups in total. The van der Waals surface area contributed by atoms with E-state index < -0.39 is 11.0 Å². The lowest BCUT2D eigenvalue weighted by atomic mass is 10.2. The van der Waals surface area contributed by atoms with Gasteiger partial charge in [-0.15, -0.1) is 0 Å². The highest BCUT2D eigenvalue weighted by Crippen LogP contribution is 2.27. The Bertz CT molecular complexity index is 393. The molecule has 16 heavy (non-hydrogen) atoms.